The van der Waals surface area contributed by atoms with E-state index < -0.39 is 23.7 Å². The lowest BCUT2D eigenvalue weighted by atomic mass is 10.1. The Morgan fingerprint density at radius 3 is 2.12 bits per heavy atom. The molecule has 0 bridgehead atoms. The van der Waals surface area contributed by atoms with E-state index in [0.717, 1.165) is 11.1 Å². The van der Waals surface area contributed by atoms with Crippen LogP contribution in [0.5, 0.6) is 0 Å². The molecule has 2 aromatic rings. The monoisotopic (exact) mass is 395 g/mol. The minimum absolute atomic E-state index is 0.0518. The van der Waals surface area contributed by atoms with Crippen molar-refractivity contribution in [3.8, 4) is 0 Å². The van der Waals surface area contributed by atoms with Crippen LogP contribution in [0.1, 0.15) is 11.1 Å². The largest absolute Gasteiger partial charge is 0.445 e. The van der Waals surface area contributed by atoms with Gasteiger partial charge in [0.05, 0.1) is 5.88 Å². The highest BCUT2D eigenvalue weighted by molar-refractivity contribution is 6.27. The Hall–Kier alpha value is -2.24. The maximum absolute atomic E-state index is 12.3. The molecule has 2 rings (SSSR count). The third kappa shape index (κ3) is 6.94. The third-order valence-electron chi connectivity index (χ3n) is 3.44. The first kappa shape index (κ1) is 20.1. The number of hydrogen-bond acceptors (Lipinski definition) is 4. The molecule has 2 atom stereocenters. The van der Waals surface area contributed by atoms with Gasteiger partial charge in [0, 0.05) is 6.42 Å². The Bertz CT molecular complexity index is 697. The fourth-order valence-corrected chi connectivity index (χ4v) is 2.34. The molecule has 1 N–H and O–H groups in total. The van der Waals surface area contributed by atoms with Gasteiger partial charge >= 0.3 is 12.1 Å². The van der Waals surface area contributed by atoms with Crippen molar-refractivity contribution in [3.63, 3.8) is 0 Å². The number of benzene rings is 2. The first-order valence-electron chi connectivity index (χ1n) is 8.00. The lowest BCUT2D eigenvalue weighted by molar-refractivity contribution is -0.147. The molecule has 0 radical (unpaired) electrons. The molecule has 0 fully saturated rings. The molecule has 0 aromatic heterocycles. The van der Waals surface area contributed by atoms with Gasteiger partial charge in [-0.05, 0) is 11.1 Å². The Morgan fingerprint density at radius 2 is 1.54 bits per heavy atom. The molecule has 0 aliphatic carbocycles. The molecule has 5 nitrogen and oxygen atoms in total. The summed E-state index contributed by atoms with van der Waals surface area (Å²) in [7, 11) is 0. The second-order valence-corrected chi connectivity index (χ2v) is 6.25. The van der Waals surface area contributed by atoms with Crippen LogP contribution in [0.3, 0.4) is 0 Å². The number of hydrogen-bond donors (Lipinski definition) is 1. The highest BCUT2D eigenvalue weighted by Gasteiger charge is 2.25. The van der Waals surface area contributed by atoms with Crippen LogP contribution in [0.2, 0.25) is 0 Å². The van der Waals surface area contributed by atoms with Gasteiger partial charge in [-0.25, -0.2) is 9.59 Å². The number of nitrogens with one attached hydrogen (secondary N) is 1. The van der Waals surface area contributed by atoms with Crippen LogP contribution in [-0.4, -0.2) is 29.5 Å². The molecule has 26 heavy (non-hydrogen) atoms. The van der Waals surface area contributed by atoms with Crippen molar-refractivity contribution in [1.29, 1.82) is 0 Å². The molecular formula is C19H19Cl2NO4. The van der Waals surface area contributed by atoms with Crippen molar-refractivity contribution in [2.45, 2.75) is 24.6 Å². The highest BCUT2D eigenvalue weighted by Crippen LogP contribution is 2.09. The number of ether oxygens (including phenoxy) is 2. The Labute approximate surface area is 162 Å². The maximum Gasteiger partial charge on any atom is 0.408 e. The van der Waals surface area contributed by atoms with E-state index in [4.69, 9.17) is 32.7 Å². The maximum atomic E-state index is 12.3. The fourth-order valence-electron chi connectivity index (χ4n) is 2.19. The van der Waals surface area contributed by atoms with Crippen molar-refractivity contribution >= 4 is 35.3 Å². The SMILES string of the molecule is O=C(NC(Cc1ccccc1)C(=O)OC(Cl)CCl)OCc1ccccc1. The number of carbonyl (C=O) groups excluding carboxylic acids is 2. The highest BCUT2D eigenvalue weighted by atomic mass is 35.5. The van der Waals surface area contributed by atoms with Gasteiger partial charge in [-0.15, -0.1) is 11.6 Å². The Kier molecular flexibility index (Phi) is 8.25. The average molecular weight is 396 g/mol. The van der Waals surface area contributed by atoms with Crippen LogP contribution in [0.15, 0.2) is 60.7 Å². The molecule has 1 amide bonds. The number of rotatable bonds is 8. The van der Waals surface area contributed by atoms with E-state index in [-0.39, 0.29) is 18.9 Å². The molecule has 0 heterocycles. The van der Waals surface area contributed by atoms with E-state index in [1.165, 1.54) is 0 Å². The van der Waals surface area contributed by atoms with Crippen LogP contribution < -0.4 is 5.32 Å². The number of halogens is 2. The van der Waals surface area contributed by atoms with Gasteiger partial charge in [-0.1, -0.05) is 72.3 Å². The van der Waals surface area contributed by atoms with E-state index in [9.17, 15) is 9.59 Å². The summed E-state index contributed by atoms with van der Waals surface area (Å²) in [5.74, 6) is -0.727. The molecule has 0 aliphatic rings. The number of alkyl carbamates (subject to hydrolysis) is 1. The van der Waals surface area contributed by atoms with Gasteiger partial charge in [0.1, 0.15) is 12.6 Å². The van der Waals surface area contributed by atoms with E-state index in [2.05, 4.69) is 5.32 Å². The van der Waals surface area contributed by atoms with Gasteiger partial charge in [0.15, 0.2) is 5.56 Å². The Balaban J connectivity index is 1.97. The predicted molar refractivity (Wildman–Crippen MR) is 100 cm³/mol. The first-order valence-corrected chi connectivity index (χ1v) is 8.97. The number of carbonyl (C=O) groups is 2. The predicted octanol–water partition coefficient (Wildman–Crippen LogP) is 3.87. The zero-order chi connectivity index (χ0) is 18.8. The second kappa shape index (κ2) is 10.7. The molecule has 0 aliphatic heterocycles. The van der Waals surface area contributed by atoms with Crippen LogP contribution in [0.4, 0.5) is 4.79 Å². The average Bonchev–Trinajstić information content (AvgIpc) is 2.67. The quantitative estimate of drug-likeness (QED) is 0.544. The van der Waals surface area contributed by atoms with E-state index in [0.29, 0.717) is 0 Å². The number of alkyl halides is 2. The van der Waals surface area contributed by atoms with Crippen LogP contribution >= 0.6 is 23.2 Å². The van der Waals surface area contributed by atoms with Gasteiger partial charge in [-0.2, -0.15) is 0 Å². The molecule has 7 heteroatoms. The summed E-state index contributed by atoms with van der Waals surface area (Å²) in [5.41, 5.74) is 0.729. The number of amides is 1. The zero-order valence-corrected chi connectivity index (χ0v) is 15.5. The lowest BCUT2D eigenvalue weighted by Crippen LogP contribution is -2.44. The van der Waals surface area contributed by atoms with Crippen molar-refractivity contribution in [2.24, 2.45) is 0 Å². The van der Waals surface area contributed by atoms with Gasteiger partial charge in [0.25, 0.3) is 0 Å². The smallest absolute Gasteiger partial charge is 0.408 e. The summed E-state index contributed by atoms with van der Waals surface area (Å²) in [6.45, 7) is 0.0968. The first-order chi connectivity index (χ1) is 12.6. The molecule has 2 aromatic carbocycles. The van der Waals surface area contributed by atoms with Crippen molar-refractivity contribution in [1.82, 2.24) is 5.32 Å². The lowest BCUT2D eigenvalue weighted by Gasteiger charge is -2.19. The van der Waals surface area contributed by atoms with Crippen LogP contribution in [-0.2, 0) is 27.3 Å². The topological polar surface area (TPSA) is 64.6 Å². The van der Waals surface area contributed by atoms with Crippen LogP contribution in [0.25, 0.3) is 0 Å². The van der Waals surface area contributed by atoms with Gasteiger partial charge in [-0.3, -0.25) is 0 Å². The zero-order valence-electron chi connectivity index (χ0n) is 13.9. The summed E-state index contributed by atoms with van der Waals surface area (Å²) in [6, 6.07) is 17.5. The van der Waals surface area contributed by atoms with Crippen molar-refractivity contribution in [2.75, 3.05) is 5.88 Å². The van der Waals surface area contributed by atoms with E-state index in [1.54, 1.807) is 0 Å². The number of esters is 1. The minimum Gasteiger partial charge on any atom is -0.445 e. The van der Waals surface area contributed by atoms with Gasteiger partial charge in [0.2, 0.25) is 0 Å². The minimum atomic E-state index is -0.968. The summed E-state index contributed by atoms with van der Waals surface area (Å²) >= 11 is 11.3. The normalized spacial score (nSPS) is 12.7. The fraction of sp³-hybridized carbons (Fsp3) is 0.263. The molecule has 0 saturated heterocycles. The molecular weight excluding hydrogens is 377 g/mol. The molecule has 2 unspecified atom stereocenters. The van der Waals surface area contributed by atoms with Crippen LogP contribution in [0, 0.1) is 0 Å². The van der Waals surface area contributed by atoms with E-state index >= 15 is 0 Å². The summed E-state index contributed by atoms with van der Waals surface area (Å²) in [5, 5.41) is 2.53. The van der Waals surface area contributed by atoms with Crippen molar-refractivity contribution in [3.05, 3.63) is 71.8 Å². The van der Waals surface area contributed by atoms with Crippen molar-refractivity contribution < 1.29 is 19.1 Å². The standard InChI is InChI=1S/C19H19Cl2NO4/c20-12-17(21)26-18(23)16(11-14-7-3-1-4-8-14)22-19(24)25-13-15-9-5-2-6-10-15/h1-10,16-17H,11-13H2,(H,22,24). The summed E-state index contributed by atoms with van der Waals surface area (Å²) < 4.78 is 10.2. The molecule has 0 spiro atoms. The summed E-state index contributed by atoms with van der Waals surface area (Å²) in [6.07, 6.45) is -0.477. The molecule has 0 saturated carbocycles. The molecule has 138 valence electrons. The Morgan fingerprint density at radius 1 is 0.962 bits per heavy atom. The van der Waals surface area contributed by atoms with Gasteiger partial charge < -0.3 is 14.8 Å². The summed E-state index contributed by atoms with van der Waals surface area (Å²) in [4.78, 5) is 24.4. The third-order valence-corrected chi connectivity index (χ3v) is 4.12. The van der Waals surface area contributed by atoms with E-state index in [1.807, 2.05) is 60.7 Å². The second-order valence-electron chi connectivity index (χ2n) is 5.45.